The van der Waals surface area contributed by atoms with Gasteiger partial charge in [0.25, 0.3) is 0 Å². The van der Waals surface area contributed by atoms with Gasteiger partial charge in [-0.2, -0.15) is 0 Å². The van der Waals surface area contributed by atoms with E-state index in [0.29, 0.717) is 22.4 Å². The maximum absolute atomic E-state index is 11.9. The summed E-state index contributed by atoms with van der Waals surface area (Å²) in [5.74, 6) is 0.607. The Kier molecular flexibility index (Phi) is 5.00. The highest BCUT2D eigenvalue weighted by Crippen LogP contribution is 2.31. The van der Waals surface area contributed by atoms with Crippen LogP contribution in [0.25, 0.3) is 11.3 Å². The van der Waals surface area contributed by atoms with Crippen LogP contribution in [0.4, 0.5) is 0 Å². The Morgan fingerprint density at radius 2 is 2.17 bits per heavy atom. The van der Waals surface area contributed by atoms with Crippen molar-refractivity contribution in [3.05, 3.63) is 62.8 Å². The van der Waals surface area contributed by atoms with E-state index < -0.39 is 0 Å². The lowest BCUT2D eigenvalue weighted by Gasteiger charge is -2.02. The molecular formula is C16H12Cl2N2O2S. The van der Waals surface area contributed by atoms with Gasteiger partial charge in [0.15, 0.2) is 0 Å². The Bertz CT molecular complexity index is 815. The molecule has 23 heavy (non-hydrogen) atoms. The van der Waals surface area contributed by atoms with Crippen LogP contribution in [-0.2, 0) is 17.8 Å². The lowest BCUT2D eigenvalue weighted by molar-refractivity contribution is -0.120. The zero-order valence-electron chi connectivity index (χ0n) is 11.9. The molecule has 1 aromatic carbocycles. The van der Waals surface area contributed by atoms with Gasteiger partial charge in [0.1, 0.15) is 10.8 Å². The van der Waals surface area contributed by atoms with Crippen molar-refractivity contribution in [1.29, 1.82) is 0 Å². The number of aromatic nitrogens is 1. The third-order valence-corrected chi connectivity index (χ3v) is 4.51. The van der Waals surface area contributed by atoms with Crippen molar-refractivity contribution in [2.75, 3.05) is 0 Å². The smallest absolute Gasteiger partial charge is 0.227 e. The summed E-state index contributed by atoms with van der Waals surface area (Å²) in [4.78, 5) is 16.4. The molecule has 0 aliphatic rings. The number of furan rings is 1. The molecule has 0 radical (unpaired) electrons. The molecule has 0 unspecified atom stereocenters. The summed E-state index contributed by atoms with van der Waals surface area (Å²) in [7, 11) is 0. The monoisotopic (exact) mass is 366 g/mol. The van der Waals surface area contributed by atoms with Gasteiger partial charge >= 0.3 is 0 Å². The Balaban J connectivity index is 1.63. The number of carbonyl (C=O) groups excluding carboxylic acids is 1. The Morgan fingerprint density at radius 1 is 1.30 bits per heavy atom. The predicted molar refractivity (Wildman–Crippen MR) is 91.8 cm³/mol. The van der Waals surface area contributed by atoms with E-state index >= 15 is 0 Å². The molecule has 2 heterocycles. The number of hydrogen-bond acceptors (Lipinski definition) is 4. The van der Waals surface area contributed by atoms with Crippen LogP contribution < -0.4 is 5.32 Å². The highest BCUT2D eigenvalue weighted by atomic mass is 35.5. The second-order valence-electron chi connectivity index (χ2n) is 4.78. The Hall–Kier alpha value is -1.82. The summed E-state index contributed by atoms with van der Waals surface area (Å²) < 4.78 is 5.17. The number of rotatable bonds is 5. The molecule has 0 saturated carbocycles. The van der Waals surface area contributed by atoms with Crippen molar-refractivity contribution in [1.82, 2.24) is 10.3 Å². The Morgan fingerprint density at radius 3 is 2.91 bits per heavy atom. The van der Waals surface area contributed by atoms with Crippen LogP contribution in [0.5, 0.6) is 0 Å². The van der Waals surface area contributed by atoms with Crippen LogP contribution in [0, 0.1) is 0 Å². The number of hydrogen-bond donors (Lipinski definition) is 1. The number of nitrogens with zero attached hydrogens (tertiary/aromatic N) is 1. The fourth-order valence-electron chi connectivity index (χ4n) is 2.01. The van der Waals surface area contributed by atoms with E-state index in [1.54, 1.807) is 24.5 Å². The second-order valence-corrected chi connectivity index (χ2v) is 6.57. The summed E-state index contributed by atoms with van der Waals surface area (Å²) >= 11 is 13.5. The number of halogens is 2. The van der Waals surface area contributed by atoms with Crippen LogP contribution in [0.1, 0.15) is 10.8 Å². The summed E-state index contributed by atoms with van der Waals surface area (Å²) in [6.07, 6.45) is 1.79. The molecule has 0 spiro atoms. The molecule has 0 fully saturated rings. The molecule has 0 bridgehead atoms. The Labute approximate surface area is 147 Å². The summed E-state index contributed by atoms with van der Waals surface area (Å²) in [6.45, 7) is 0.368. The molecular weight excluding hydrogens is 355 g/mol. The molecule has 0 aliphatic carbocycles. The summed E-state index contributed by atoms with van der Waals surface area (Å²) in [5, 5.41) is 6.51. The minimum Gasteiger partial charge on any atom is -0.467 e. The topological polar surface area (TPSA) is 55.1 Å². The first-order chi connectivity index (χ1) is 11.1. The largest absolute Gasteiger partial charge is 0.467 e. The van der Waals surface area contributed by atoms with Gasteiger partial charge in [0.2, 0.25) is 5.91 Å². The molecule has 0 saturated heterocycles. The standard InChI is InChI=1S/C16H12Cl2N2O2S/c17-10-3-4-12(13(18)6-10)14-9-23-16(20-14)7-15(21)19-8-11-2-1-5-22-11/h1-6,9H,7-8H2,(H,19,21). The van der Waals surface area contributed by atoms with Gasteiger partial charge in [-0.05, 0) is 30.3 Å². The van der Waals surface area contributed by atoms with E-state index in [-0.39, 0.29) is 12.3 Å². The minimum atomic E-state index is -0.107. The van der Waals surface area contributed by atoms with E-state index in [0.717, 1.165) is 16.3 Å². The van der Waals surface area contributed by atoms with Crippen molar-refractivity contribution in [2.45, 2.75) is 13.0 Å². The van der Waals surface area contributed by atoms with Gasteiger partial charge in [-0.1, -0.05) is 23.2 Å². The molecule has 0 aliphatic heterocycles. The predicted octanol–water partition coefficient (Wildman–Crippen LogP) is 4.57. The van der Waals surface area contributed by atoms with Crippen molar-refractivity contribution in [3.8, 4) is 11.3 Å². The third-order valence-electron chi connectivity index (χ3n) is 3.11. The van der Waals surface area contributed by atoms with Crippen LogP contribution >= 0.6 is 34.5 Å². The molecule has 1 amide bonds. The van der Waals surface area contributed by atoms with Gasteiger partial charge in [-0.25, -0.2) is 4.98 Å². The van der Waals surface area contributed by atoms with E-state index in [1.165, 1.54) is 11.3 Å². The second kappa shape index (κ2) is 7.17. The van der Waals surface area contributed by atoms with E-state index in [9.17, 15) is 4.79 Å². The van der Waals surface area contributed by atoms with Gasteiger partial charge in [-0.15, -0.1) is 11.3 Å². The lowest BCUT2D eigenvalue weighted by atomic mass is 10.2. The average molecular weight is 367 g/mol. The van der Waals surface area contributed by atoms with Crippen molar-refractivity contribution in [3.63, 3.8) is 0 Å². The highest BCUT2D eigenvalue weighted by Gasteiger charge is 2.11. The molecule has 0 atom stereocenters. The van der Waals surface area contributed by atoms with Gasteiger partial charge in [0, 0.05) is 16.0 Å². The van der Waals surface area contributed by atoms with Crippen LogP contribution in [0.15, 0.2) is 46.4 Å². The fraction of sp³-hybridized carbons (Fsp3) is 0.125. The van der Waals surface area contributed by atoms with E-state index in [1.807, 2.05) is 17.5 Å². The maximum atomic E-state index is 11.9. The van der Waals surface area contributed by atoms with Gasteiger partial charge in [0.05, 0.1) is 29.9 Å². The van der Waals surface area contributed by atoms with Crippen LogP contribution in [-0.4, -0.2) is 10.9 Å². The van der Waals surface area contributed by atoms with Gasteiger partial charge in [-0.3, -0.25) is 4.79 Å². The summed E-state index contributed by atoms with van der Waals surface area (Å²) in [6, 6.07) is 8.85. The van der Waals surface area contributed by atoms with Crippen molar-refractivity contribution in [2.24, 2.45) is 0 Å². The quantitative estimate of drug-likeness (QED) is 0.719. The first-order valence-corrected chi connectivity index (χ1v) is 8.44. The first-order valence-electron chi connectivity index (χ1n) is 6.81. The van der Waals surface area contributed by atoms with Crippen LogP contribution in [0.3, 0.4) is 0 Å². The molecule has 1 N–H and O–H groups in total. The molecule has 118 valence electrons. The molecule has 3 rings (SSSR count). The third kappa shape index (κ3) is 4.13. The average Bonchev–Trinajstić information content (AvgIpc) is 3.17. The van der Waals surface area contributed by atoms with Crippen molar-refractivity contribution >= 4 is 40.4 Å². The number of thiazole rings is 1. The van der Waals surface area contributed by atoms with Gasteiger partial charge < -0.3 is 9.73 Å². The maximum Gasteiger partial charge on any atom is 0.227 e. The normalized spacial score (nSPS) is 10.7. The van der Waals surface area contributed by atoms with E-state index in [2.05, 4.69) is 10.3 Å². The molecule has 2 aromatic heterocycles. The first kappa shape index (κ1) is 16.1. The number of carbonyl (C=O) groups is 1. The summed E-state index contributed by atoms with van der Waals surface area (Å²) in [5.41, 5.74) is 1.54. The van der Waals surface area contributed by atoms with E-state index in [4.69, 9.17) is 27.6 Å². The van der Waals surface area contributed by atoms with Crippen LogP contribution in [0.2, 0.25) is 10.0 Å². The molecule has 7 heteroatoms. The number of benzene rings is 1. The van der Waals surface area contributed by atoms with Crippen molar-refractivity contribution < 1.29 is 9.21 Å². The SMILES string of the molecule is O=C(Cc1nc(-c2ccc(Cl)cc2Cl)cs1)NCc1ccco1. The highest BCUT2D eigenvalue weighted by molar-refractivity contribution is 7.10. The molecule has 3 aromatic rings. The number of nitrogens with one attached hydrogen (secondary N) is 1. The zero-order valence-corrected chi connectivity index (χ0v) is 14.2. The molecule has 4 nitrogen and oxygen atoms in total. The zero-order chi connectivity index (χ0) is 16.2. The lowest BCUT2D eigenvalue weighted by Crippen LogP contribution is -2.24. The number of amides is 1. The fourth-order valence-corrected chi connectivity index (χ4v) is 3.31. The minimum absolute atomic E-state index is 0.107.